The van der Waals surface area contributed by atoms with Crippen LogP contribution in [0.5, 0.6) is 0 Å². The third-order valence-corrected chi connectivity index (χ3v) is 3.59. The second kappa shape index (κ2) is 7.73. The van der Waals surface area contributed by atoms with Crippen LogP contribution in [0.2, 0.25) is 0 Å². The SMILES string of the molecule is CC(=O)O[C@@H]1C[C@H](c2ccccc2)OC(=O)CCCCC1=O. The van der Waals surface area contributed by atoms with Crippen LogP contribution < -0.4 is 0 Å². The molecule has 0 N–H and O–H groups in total. The molecule has 5 nitrogen and oxygen atoms in total. The maximum absolute atomic E-state index is 12.2. The molecule has 0 unspecified atom stereocenters. The Labute approximate surface area is 129 Å². The largest absolute Gasteiger partial charge is 0.457 e. The first-order chi connectivity index (χ1) is 10.6. The molecule has 1 heterocycles. The van der Waals surface area contributed by atoms with Gasteiger partial charge in [-0.25, -0.2) is 0 Å². The topological polar surface area (TPSA) is 69.7 Å². The van der Waals surface area contributed by atoms with E-state index in [1.54, 1.807) is 0 Å². The van der Waals surface area contributed by atoms with Gasteiger partial charge >= 0.3 is 11.9 Å². The second-order valence-corrected chi connectivity index (χ2v) is 5.40. The first-order valence-corrected chi connectivity index (χ1v) is 7.50. The predicted molar refractivity (Wildman–Crippen MR) is 78.9 cm³/mol. The number of rotatable bonds is 2. The van der Waals surface area contributed by atoms with Crippen LogP contribution >= 0.6 is 0 Å². The predicted octanol–water partition coefficient (Wildman–Crippen LogP) is 2.74. The van der Waals surface area contributed by atoms with Gasteiger partial charge in [0.15, 0.2) is 11.9 Å². The van der Waals surface area contributed by atoms with Gasteiger partial charge in [0.2, 0.25) is 0 Å². The van der Waals surface area contributed by atoms with Gasteiger partial charge in [-0.3, -0.25) is 14.4 Å². The highest BCUT2D eigenvalue weighted by Gasteiger charge is 2.29. The minimum absolute atomic E-state index is 0.117. The number of carbonyl (C=O) groups excluding carboxylic acids is 3. The van der Waals surface area contributed by atoms with Crippen molar-refractivity contribution in [2.45, 2.75) is 51.2 Å². The minimum atomic E-state index is -0.867. The molecule has 1 saturated heterocycles. The van der Waals surface area contributed by atoms with Gasteiger partial charge in [-0.05, 0) is 18.4 Å². The zero-order chi connectivity index (χ0) is 15.9. The molecule has 1 aromatic carbocycles. The molecule has 5 heteroatoms. The highest BCUT2D eigenvalue weighted by Crippen LogP contribution is 2.27. The van der Waals surface area contributed by atoms with E-state index in [-0.39, 0.29) is 18.2 Å². The summed E-state index contributed by atoms with van der Waals surface area (Å²) in [5.74, 6) is -0.910. The van der Waals surface area contributed by atoms with Crippen molar-refractivity contribution < 1.29 is 23.9 Å². The molecule has 0 radical (unpaired) electrons. The zero-order valence-electron chi connectivity index (χ0n) is 12.6. The van der Waals surface area contributed by atoms with E-state index < -0.39 is 18.2 Å². The Morgan fingerprint density at radius 3 is 2.50 bits per heavy atom. The Morgan fingerprint density at radius 1 is 1.14 bits per heavy atom. The smallest absolute Gasteiger partial charge is 0.306 e. The lowest BCUT2D eigenvalue weighted by atomic mass is 9.97. The van der Waals surface area contributed by atoms with E-state index in [1.807, 2.05) is 30.3 Å². The first kappa shape index (κ1) is 16.2. The van der Waals surface area contributed by atoms with Crippen molar-refractivity contribution in [3.8, 4) is 0 Å². The van der Waals surface area contributed by atoms with Crippen LogP contribution in [0.1, 0.15) is 50.7 Å². The van der Waals surface area contributed by atoms with Crippen LogP contribution in [0.4, 0.5) is 0 Å². The minimum Gasteiger partial charge on any atom is -0.457 e. The Kier molecular flexibility index (Phi) is 5.69. The number of benzene rings is 1. The normalized spacial score (nSPS) is 23.5. The Hall–Kier alpha value is -2.17. The van der Waals surface area contributed by atoms with E-state index in [9.17, 15) is 14.4 Å². The van der Waals surface area contributed by atoms with Crippen molar-refractivity contribution in [3.63, 3.8) is 0 Å². The molecule has 0 aromatic heterocycles. The monoisotopic (exact) mass is 304 g/mol. The van der Waals surface area contributed by atoms with Gasteiger partial charge in [0.1, 0.15) is 6.10 Å². The fourth-order valence-electron chi connectivity index (χ4n) is 2.51. The van der Waals surface area contributed by atoms with Crippen molar-refractivity contribution >= 4 is 17.7 Å². The standard InChI is InChI=1S/C17H20O5/c1-12(18)21-16-11-15(13-7-3-2-4-8-13)22-17(20)10-6-5-9-14(16)19/h2-4,7-8,15-16H,5-6,9-11H2,1H3/t15-,16-/m1/s1. The van der Waals surface area contributed by atoms with Crippen molar-refractivity contribution in [1.29, 1.82) is 0 Å². The molecule has 0 amide bonds. The number of ether oxygens (including phenoxy) is 2. The average Bonchev–Trinajstić information content (AvgIpc) is 2.50. The molecule has 0 aliphatic carbocycles. The van der Waals surface area contributed by atoms with Gasteiger partial charge in [-0.1, -0.05) is 30.3 Å². The molecule has 1 aliphatic rings. The number of hydrogen-bond acceptors (Lipinski definition) is 5. The summed E-state index contributed by atoms with van der Waals surface area (Å²) in [6.45, 7) is 1.27. The lowest BCUT2D eigenvalue weighted by molar-refractivity contribution is -0.160. The molecule has 22 heavy (non-hydrogen) atoms. The third-order valence-electron chi connectivity index (χ3n) is 3.59. The van der Waals surface area contributed by atoms with Gasteiger partial charge < -0.3 is 9.47 Å². The summed E-state index contributed by atoms with van der Waals surface area (Å²) >= 11 is 0. The molecule has 0 bridgehead atoms. The summed E-state index contributed by atoms with van der Waals surface area (Å²) in [6, 6.07) is 9.20. The van der Waals surface area contributed by atoms with Crippen LogP contribution in [-0.2, 0) is 23.9 Å². The molecule has 0 saturated carbocycles. The van der Waals surface area contributed by atoms with Gasteiger partial charge in [0, 0.05) is 26.2 Å². The van der Waals surface area contributed by atoms with Gasteiger partial charge in [-0.2, -0.15) is 0 Å². The summed E-state index contributed by atoms with van der Waals surface area (Å²) in [5, 5.41) is 0. The Balaban J connectivity index is 2.23. The summed E-state index contributed by atoms with van der Waals surface area (Å²) in [5.41, 5.74) is 0.793. The average molecular weight is 304 g/mol. The second-order valence-electron chi connectivity index (χ2n) is 5.40. The zero-order valence-corrected chi connectivity index (χ0v) is 12.6. The van der Waals surface area contributed by atoms with Gasteiger partial charge in [0.05, 0.1) is 0 Å². The Morgan fingerprint density at radius 2 is 1.82 bits per heavy atom. The summed E-state index contributed by atoms with van der Waals surface area (Å²) in [7, 11) is 0. The number of hydrogen-bond donors (Lipinski definition) is 0. The molecule has 1 aromatic rings. The van der Waals surface area contributed by atoms with E-state index in [4.69, 9.17) is 9.47 Å². The number of ketones is 1. The van der Waals surface area contributed by atoms with Crippen molar-refractivity contribution in [1.82, 2.24) is 0 Å². The van der Waals surface area contributed by atoms with E-state index in [0.717, 1.165) is 5.56 Å². The highest BCUT2D eigenvalue weighted by atomic mass is 16.6. The van der Waals surface area contributed by atoms with Crippen molar-refractivity contribution in [2.24, 2.45) is 0 Å². The maximum atomic E-state index is 12.2. The molecule has 1 aliphatic heterocycles. The highest BCUT2D eigenvalue weighted by molar-refractivity contribution is 5.85. The summed E-state index contributed by atoms with van der Waals surface area (Å²) in [6.07, 6.45) is 0.518. The maximum Gasteiger partial charge on any atom is 0.306 e. The molecule has 118 valence electrons. The fourth-order valence-corrected chi connectivity index (χ4v) is 2.51. The molecule has 0 spiro atoms. The molecular formula is C17H20O5. The van der Waals surface area contributed by atoms with Crippen LogP contribution in [0.3, 0.4) is 0 Å². The van der Waals surface area contributed by atoms with Gasteiger partial charge in [-0.15, -0.1) is 0 Å². The molecule has 2 rings (SSSR count). The van der Waals surface area contributed by atoms with Crippen LogP contribution in [-0.4, -0.2) is 23.8 Å². The molecular weight excluding hydrogens is 284 g/mol. The number of Topliss-reactive ketones (excluding diaryl/α,β-unsaturated/α-hetero) is 1. The van der Waals surface area contributed by atoms with Crippen molar-refractivity contribution in [3.05, 3.63) is 35.9 Å². The van der Waals surface area contributed by atoms with E-state index in [0.29, 0.717) is 25.7 Å². The quantitative estimate of drug-likeness (QED) is 0.786. The third kappa shape index (κ3) is 4.69. The van der Waals surface area contributed by atoms with E-state index in [2.05, 4.69) is 0 Å². The number of carbonyl (C=O) groups is 3. The van der Waals surface area contributed by atoms with Crippen LogP contribution in [0.25, 0.3) is 0 Å². The van der Waals surface area contributed by atoms with E-state index >= 15 is 0 Å². The number of esters is 2. The van der Waals surface area contributed by atoms with E-state index in [1.165, 1.54) is 6.92 Å². The van der Waals surface area contributed by atoms with Crippen LogP contribution in [0, 0.1) is 0 Å². The number of cyclic esters (lactones) is 1. The summed E-state index contributed by atoms with van der Waals surface area (Å²) in [4.78, 5) is 35.3. The van der Waals surface area contributed by atoms with Crippen LogP contribution in [0.15, 0.2) is 30.3 Å². The molecule has 1 fully saturated rings. The van der Waals surface area contributed by atoms with Crippen molar-refractivity contribution in [2.75, 3.05) is 0 Å². The lowest BCUT2D eigenvalue weighted by Crippen LogP contribution is -2.30. The summed E-state index contributed by atoms with van der Waals surface area (Å²) < 4.78 is 10.6. The Bertz CT molecular complexity index is 537. The lowest BCUT2D eigenvalue weighted by Gasteiger charge is -2.24. The first-order valence-electron chi connectivity index (χ1n) is 7.50. The van der Waals surface area contributed by atoms with Gasteiger partial charge in [0.25, 0.3) is 0 Å². The molecule has 2 atom stereocenters. The fraction of sp³-hybridized carbons (Fsp3) is 0.471.